The maximum absolute atomic E-state index is 14.0. The first kappa shape index (κ1) is 15.3. The van der Waals surface area contributed by atoms with E-state index >= 15 is 0 Å². The SMILES string of the molecule is CNCc1c[nH]c2cc(Nc3c(F)cc(OC)cc3F)ccc12. The number of anilines is 2. The standard InChI is InChI=1S/C17H17F2N3O/c1-20-8-10-9-21-16-5-11(3-4-13(10)16)22-17-14(18)6-12(23-2)7-15(17)19/h3-7,9,20-22H,8H2,1-2H3. The Hall–Kier alpha value is -2.60. The number of rotatable bonds is 5. The van der Waals surface area contributed by atoms with Gasteiger partial charge >= 0.3 is 0 Å². The Morgan fingerprint density at radius 3 is 2.52 bits per heavy atom. The average Bonchev–Trinajstić information content (AvgIpc) is 2.93. The number of hydrogen-bond donors (Lipinski definition) is 3. The van der Waals surface area contributed by atoms with Crippen molar-refractivity contribution in [2.24, 2.45) is 0 Å². The van der Waals surface area contributed by atoms with Crippen LogP contribution in [0.1, 0.15) is 5.56 Å². The number of halogens is 2. The first-order valence-electron chi connectivity index (χ1n) is 7.17. The summed E-state index contributed by atoms with van der Waals surface area (Å²) in [4.78, 5) is 3.16. The van der Waals surface area contributed by atoms with Crippen LogP contribution in [0.2, 0.25) is 0 Å². The van der Waals surface area contributed by atoms with E-state index in [1.807, 2.05) is 25.4 Å². The Balaban J connectivity index is 1.93. The predicted octanol–water partition coefficient (Wildman–Crippen LogP) is 3.92. The summed E-state index contributed by atoms with van der Waals surface area (Å²) in [5, 5.41) is 6.95. The summed E-state index contributed by atoms with van der Waals surface area (Å²) < 4.78 is 32.9. The van der Waals surface area contributed by atoms with Crippen molar-refractivity contribution in [3.05, 3.63) is 53.7 Å². The maximum atomic E-state index is 14.0. The summed E-state index contributed by atoms with van der Waals surface area (Å²) in [6, 6.07) is 7.81. The van der Waals surface area contributed by atoms with Crippen LogP contribution in [0.5, 0.6) is 5.75 Å². The normalized spacial score (nSPS) is 11.0. The minimum absolute atomic E-state index is 0.141. The van der Waals surface area contributed by atoms with Gasteiger partial charge in [-0.1, -0.05) is 6.07 Å². The van der Waals surface area contributed by atoms with Gasteiger partial charge in [0.1, 0.15) is 11.4 Å². The van der Waals surface area contributed by atoms with Gasteiger partial charge in [-0.3, -0.25) is 0 Å². The lowest BCUT2D eigenvalue weighted by Gasteiger charge is -2.10. The Morgan fingerprint density at radius 1 is 1.13 bits per heavy atom. The number of nitrogens with one attached hydrogen (secondary N) is 3. The average molecular weight is 317 g/mol. The van der Waals surface area contributed by atoms with Crippen LogP contribution in [0.15, 0.2) is 36.5 Å². The minimum atomic E-state index is -0.704. The highest BCUT2D eigenvalue weighted by atomic mass is 19.1. The molecule has 1 heterocycles. The fraction of sp³-hybridized carbons (Fsp3) is 0.176. The molecule has 0 aliphatic carbocycles. The Bertz CT molecular complexity index is 822. The van der Waals surface area contributed by atoms with E-state index in [-0.39, 0.29) is 11.4 Å². The van der Waals surface area contributed by atoms with Gasteiger partial charge in [-0.15, -0.1) is 0 Å². The highest BCUT2D eigenvalue weighted by Crippen LogP contribution is 2.29. The van der Waals surface area contributed by atoms with Crippen LogP contribution in [0.25, 0.3) is 10.9 Å². The van der Waals surface area contributed by atoms with Crippen molar-refractivity contribution in [3.8, 4) is 5.75 Å². The molecule has 2 aromatic carbocycles. The smallest absolute Gasteiger partial charge is 0.153 e. The third-order valence-electron chi connectivity index (χ3n) is 3.66. The van der Waals surface area contributed by atoms with Gasteiger partial charge in [0, 0.05) is 41.5 Å². The molecule has 4 nitrogen and oxygen atoms in total. The molecule has 0 amide bonds. The number of H-pyrrole nitrogens is 1. The van der Waals surface area contributed by atoms with Crippen LogP contribution in [0.4, 0.5) is 20.2 Å². The zero-order valence-electron chi connectivity index (χ0n) is 12.8. The highest BCUT2D eigenvalue weighted by Gasteiger charge is 2.12. The van der Waals surface area contributed by atoms with E-state index in [0.29, 0.717) is 5.69 Å². The van der Waals surface area contributed by atoms with E-state index in [2.05, 4.69) is 15.6 Å². The molecule has 0 fully saturated rings. The fourth-order valence-corrected chi connectivity index (χ4v) is 2.53. The number of aromatic nitrogens is 1. The van der Waals surface area contributed by atoms with Crippen molar-refractivity contribution in [1.29, 1.82) is 0 Å². The van der Waals surface area contributed by atoms with E-state index in [1.165, 1.54) is 7.11 Å². The number of ether oxygens (including phenoxy) is 1. The highest BCUT2D eigenvalue weighted by molar-refractivity contribution is 5.87. The molecule has 0 radical (unpaired) electrons. The monoisotopic (exact) mass is 317 g/mol. The topological polar surface area (TPSA) is 49.1 Å². The summed E-state index contributed by atoms with van der Waals surface area (Å²) in [5.41, 5.74) is 2.43. The number of aromatic amines is 1. The van der Waals surface area contributed by atoms with E-state index in [1.54, 1.807) is 6.07 Å². The fourth-order valence-electron chi connectivity index (χ4n) is 2.53. The van der Waals surface area contributed by atoms with Crippen LogP contribution in [0, 0.1) is 11.6 Å². The Kier molecular flexibility index (Phi) is 4.16. The molecule has 1 aromatic heterocycles. The van der Waals surface area contributed by atoms with E-state index in [0.717, 1.165) is 35.1 Å². The minimum Gasteiger partial charge on any atom is -0.497 e. The van der Waals surface area contributed by atoms with Crippen LogP contribution < -0.4 is 15.4 Å². The molecule has 0 unspecified atom stereocenters. The first-order valence-corrected chi connectivity index (χ1v) is 7.17. The molecule has 0 spiro atoms. The summed E-state index contributed by atoms with van der Waals surface area (Å²) in [5.74, 6) is -1.27. The summed E-state index contributed by atoms with van der Waals surface area (Å²) in [7, 11) is 3.24. The molecule has 0 saturated heterocycles. The van der Waals surface area contributed by atoms with E-state index in [9.17, 15) is 8.78 Å². The molecule has 23 heavy (non-hydrogen) atoms. The molecule has 3 N–H and O–H groups in total. The lowest BCUT2D eigenvalue weighted by Crippen LogP contribution is -2.04. The van der Waals surface area contributed by atoms with Crippen LogP contribution in [-0.2, 0) is 6.54 Å². The zero-order valence-corrected chi connectivity index (χ0v) is 12.8. The second-order valence-electron chi connectivity index (χ2n) is 5.20. The number of hydrogen-bond acceptors (Lipinski definition) is 3. The molecule has 6 heteroatoms. The summed E-state index contributed by atoms with van der Waals surface area (Å²) in [6.45, 7) is 0.745. The molecule has 0 saturated carbocycles. The van der Waals surface area contributed by atoms with Crippen molar-refractivity contribution in [1.82, 2.24) is 10.3 Å². The van der Waals surface area contributed by atoms with Gasteiger partial charge in [-0.2, -0.15) is 0 Å². The molecule has 3 rings (SSSR count). The third-order valence-corrected chi connectivity index (χ3v) is 3.66. The van der Waals surface area contributed by atoms with Crippen molar-refractivity contribution in [3.63, 3.8) is 0 Å². The van der Waals surface area contributed by atoms with Gasteiger partial charge in [0.25, 0.3) is 0 Å². The quantitative estimate of drug-likeness (QED) is 0.668. The molecule has 0 bridgehead atoms. The summed E-state index contributed by atoms with van der Waals surface area (Å²) in [6.07, 6.45) is 1.92. The molecule has 3 aromatic rings. The van der Waals surface area contributed by atoms with Crippen LogP contribution >= 0.6 is 0 Å². The van der Waals surface area contributed by atoms with Crippen molar-refractivity contribution >= 4 is 22.3 Å². The van der Waals surface area contributed by atoms with Gasteiger partial charge < -0.3 is 20.4 Å². The largest absolute Gasteiger partial charge is 0.497 e. The first-order chi connectivity index (χ1) is 11.1. The van der Waals surface area contributed by atoms with Crippen LogP contribution in [-0.4, -0.2) is 19.1 Å². The number of benzene rings is 2. The third kappa shape index (κ3) is 2.98. The van der Waals surface area contributed by atoms with Crippen molar-refractivity contribution in [2.45, 2.75) is 6.54 Å². The van der Waals surface area contributed by atoms with E-state index < -0.39 is 11.6 Å². The van der Waals surface area contributed by atoms with Crippen molar-refractivity contribution in [2.75, 3.05) is 19.5 Å². The van der Waals surface area contributed by atoms with Gasteiger partial charge in [-0.05, 0) is 24.7 Å². The predicted molar refractivity (Wildman–Crippen MR) is 87.3 cm³/mol. The summed E-state index contributed by atoms with van der Waals surface area (Å²) >= 11 is 0. The Labute approximate surface area is 132 Å². The molecule has 0 aliphatic rings. The second kappa shape index (κ2) is 6.26. The lowest BCUT2D eigenvalue weighted by atomic mass is 10.1. The van der Waals surface area contributed by atoms with Crippen molar-refractivity contribution < 1.29 is 13.5 Å². The Morgan fingerprint density at radius 2 is 1.87 bits per heavy atom. The molecule has 120 valence electrons. The lowest BCUT2D eigenvalue weighted by molar-refractivity contribution is 0.407. The van der Waals surface area contributed by atoms with Gasteiger partial charge in [0.05, 0.1) is 7.11 Å². The molecule has 0 atom stereocenters. The number of fused-ring (bicyclic) bond motifs is 1. The molecular weight excluding hydrogens is 300 g/mol. The van der Waals surface area contributed by atoms with Gasteiger partial charge in [-0.25, -0.2) is 8.78 Å². The van der Waals surface area contributed by atoms with E-state index in [4.69, 9.17) is 4.74 Å². The zero-order chi connectivity index (χ0) is 16.4. The van der Waals surface area contributed by atoms with Gasteiger partial charge in [0.15, 0.2) is 11.6 Å². The maximum Gasteiger partial charge on any atom is 0.153 e. The second-order valence-corrected chi connectivity index (χ2v) is 5.20. The molecule has 0 aliphatic heterocycles. The number of methoxy groups -OCH3 is 1. The van der Waals surface area contributed by atoms with Gasteiger partial charge in [0.2, 0.25) is 0 Å². The molecular formula is C17H17F2N3O. The van der Waals surface area contributed by atoms with Crippen LogP contribution in [0.3, 0.4) is 0 Å².